The topological polar surface area (TPSA) is 126 Å². The van der Waals surface area contributed by atoms with E-state index in [0.29, 0.717) is 47.4 Å². The van der Waals surface area contributed by atoms with Gasteiger partial charge in [0.25, 0.3) is 5.91 Å². The van der Waals surface area contributed by atoms with Crippen molar-refractivity contribution < 1.29 is 9.90 Å². The van der Waals surface area contributed by atoms with E-state index in [2.05, 4.69) is 25.6 Å². The van der Waals surface area contributed by atoms with Crippen molar-refractivity contribution >= 4 is 23.4 Å². The number of aliphatic hydroxyl groups excluding tert-OH is 1. The van der Waals surface area contributed by atoms with Crippen molar-refractivity contribution in [3.63, 3.8) is 0 Å². The van der Waals surface area contributed by atoms with E-state index in [1.165, 1.54) is 0 Å². The molecule has 0 radical (unpaired) electrons. The van der Waals surface area contributed by atoms with E-state index in [0.717, 1.165) is 0 Å². The third-order valence-corrected chi connectivity index (χ3v) is 3.66. The summed E-state index contributed by atoms with van der Waals surface area (Å²) in [6, 6.07) is 13.8. The number of anilines is 3. The molecule has 0 aliphatic heterocycles. The number of aliphatic hydroxyl groups is 1. The van der Waals surface area contributed by atoms with Gasteiger partial charge in [-0.1, -0.05) is 12.1 Å². The molecule has 0 fully saturated rings. The molecule has 0 aliphatic rings. The van der Waals surface area contributed by atoms with Crippen LogP contribution in [0.4, 0.5) is 17.5 Å². The lowest BCUT2D eigenvalue weighted by molar-refractivity contribution is 0.102. The minimum absolute atomic E-state index is 0.0615. The van der Waals surface area contributed by atoms with Crippen LogP contribution in [0.15, 0.2) is 54.7 Å². The Morgan fingerprint density at radius 3 is 2.70 bits per heavy atom. The normalized spacial score (nSPS) is 10.4. The van der Waals surface area contributed by atoms with Crippen LogP contribution in [0.2, 0.25) is 0 Å². The van der Waals surface area contributed by atoms with Crippen LogP contribution < -0.4 is 16.4 Å². The zero-order valence-corrected chi connectivity index (χ0v) is 14.6. The van der Waals surface area contributed by atoms with Crippen molar-refractivity contribution in [3.8, 4) is 11.4 Å². The van der Waals surface area contributed by atoms with Gasteiger partial charge in [-0.2, -0.15) is 4.98 Å². The van der Waals surface area contributed by atoms with Gasteiger partial charge in [-0.3, -0.25) is 9.78 Å². The molecule has 0 unspecified atom stereocenters. The molecule has 8 heteroatoms. The highest BCUT2D eigenvalue weighted by Gasteiger charge is 2.12. The third kappa shape index (κ3) is 4.99. The SMILES string of the molecule is Nc1cccc(C(=O)Nc2cc(-c3ccccn3)nc(NCCCO)n2)c1. The number of carbonyl (C=O) groups excluding carboxylic acids is 1. The summed E-state index contributed by atoms with van der Waals surface area (Å²) >= 11 is 0. The van der Waals surface area contributed by atoms with Gasteiger partial charge < -0.3 is 21.5 Å². The lowest BCUT2D eigenvalue weighted by Crippen LogP contribution is -2.15. The Bertz CT molecular complexity index is 917. The first-order chi connectivity index (χ1) is 13.2. The second-order valence-electron chi connectivity index (χ2n) is 5.76. The van der Waals surface area contributed by atoms with Gasteiger partial charge in [0.2, 0.25) is 5.95 Å². The Morgan fingerprint density at radius 2 is 1.96 bits per heavy atom. The monoisotopic (exact) mass is 364 g/mol. The van der Waals surface area contributed by atoms with Crippen LogP contribution >= 0.6 is 0 Å². The van der Waals surface area contributed by atoms with Crippen LogP contribution in [-0.4, -0.2) is 39.1 Å². The Morgan fingerprint density at radius 1 is 1.07 bits per heavy atom. The number of pyridine rings is 1. The van der Waals surface area contributed by atoms with E-state index in [1.807, 2.05) is 18.2 Å². The zero-order chi connectivity index (χ0) is 19.1. The number of nitrogen functional groups attached to an aromatic ring is 1. The predicted octanol–water partition coefficient (Wildman–Crippen LogP) is 2.17. The molecule has 138 valence electrons. The molecule has 1 amide bonds. The summed E-state index contributed by atoms with van der Waals surface area (Å²) in [7, 11) is 0. The van der Waals surface area contributed by atoms with E-state index in [1.54, 1.807) is 36.5 Å². The van der Waals surface area contributed by atoms with Crippen molar-refractivity contribution in [2.24, 2.45) is 0 Å². The van der Waals surface area contributed by atoms with Crippen LogP contribution in [0.1, 0.15) is 16.8 Å². The number of nitrogens with two attached hydrogens (primary N) is 1. The number of rotatable bonds is 7. The highest BCUT2D eigenvalue weighted by Crippen LogP contribution is 2.20. The fourth-order valence-electron chi connectivity index (χ4n) is 2.38. The van der Waals surface area contributed by atoms with Gasteiger partial charge in [0.15, 0.2) is 0 Å². The van der Waals surface area contributed by atoms with Gasteiger partial charge in [0.05, 0.1) is 11.4 Å². The summed E-state index contributed by atoms with van der Waals surface area (Å²) in [6.07, 6.45) is 2.23. The molecule has 5 N–H and O–H groups in total. The number of carbonyl (C=O) groups is 1. The fourth-order valence-corrected chi connectivity index (χ4v) is 2.38. The maximum Gasteiger partial charge on any atom is 0.256 e. The van der Waals surface area contributed by atoms with E-state index < -0.39 is 0 Å². The minimum Gasteiger partial charge on any atom is -0.399 e. The average molecular weight is 364 g/mol. The molecular weight excluding hydrogens is 344 g/mol. The number of hydrogen-bond acceptors (Lipinski definition) is 7. The summed E-state index contributed by atoms with van der Waals surface area (Å²) in [5.74, 6) is 0.355. The number of aromatic nitrogens is 3. The van der Waals surface area contributed by atoms with Crippen molar-refractivity contribution in [2.45, 2.75) is 6.42 Å². The number of hydrogen-bond donors (Lipinski definition) is 4. The maximum atomic E-state index is 12.5. The van der Waals surface area contributed by atoms with Crippen LogP contribution in [0.3, 0.4) is 0 Å². The van der Waals surface area contributed by atoms with Gasteiger partial charge >= 0.3 is 0 Å². The number of benzene rings is 1. The van der Waals surface area contributed by atoms with Crippen molar-refractivity contribution in [3.05, 3.63) is 60.3 Å². The largest absolute Gasteiger partial charge is 0.399 e. The molecule has 0 saturated carbocycles. The molecule has 27 heavy (non-hydrogen) atoms. The lowest BCUT2D eigenvalue weighted by Gasteiger charge is -2.10. The molecule has 1 aromatic carbocycles. The molecular formula is C19H20N6O2. The minimum atomic E-state index is -0.325. The molecule has 0 atom stereocenters. The van der Waals surface area contributed by atoms with E-state index in [-0.39, 0.29) is 12.5 Å². The quantitative estimate of drug-likeness (QED) is 0.374. The molecule has 2 heterocycles. The van der Waals surface area contributed by atoms with Crippen LogP contribution in [0.25, 0.3) is 11.4 Å². The number of amides is 1. The predicted molar refractivity (Wildman–Crippen MR) is 104 cm³/mol. The van der Waals surface area contributed by atoms with Crippen molar-refractivity contribution in [1.82, 2.24) is 15.0 Å². The zero-order valence-electron chi connectivity index (χ0n) is 14.6. The standard InChI is InChI=1S/C19H20N6O2/c20-14-6-3-5-13(11-14)18(27)24-17-12-16(15-7-1-2-8-21-15)23-19(25-17)22-9-4-10-26/h1-3,5-8,11-12,26H,4,9-10,20H2,(H2,22,23,24,25,27). The maximum absolute atomic E-state index is 12.5. The lowest BCUT2D eigenvalue weighted by atomic mass is 10.2. The molecule has 2 aromatic heterocycles. The second kappa shape index (κ2) is 8.72. The van der Waals surface area contributed by atoms with Gasteiger partial charge in [-0.25, -0.2) is 4.98 Å². The van der Waals surface area contributed by atoms with Gasteiger partial charge in [-0.15, -0.1) is 0 Å². The van der Waals surface area contributed by atoms with Gasteiger partial charge in [0, 0.05) is 36.7 Å². The Hall–Kier alpha value is -3.52. The molecule has 0 saturated heterocycles. The van der Waals surface area contributed by atoms with Crippen LogP contribution in [0, 0.1) is 0 Å². The average Bonchev–Trinajstić information content (AvgIpc) is 2.69. The molecule has 0 aliphatic carbocycles. The Kier molecular flexibility index (Phi) is 5.91. The molecule has 3 rings (SSSR count). The third-order valence-electron chi connectivity index (χ3n) is 3.66. The van der Waals surface area contributed by atoms with Crippen LogP contribution in [0.5, 0.6) is 0 Å². The summed E-state index contributed by atoms with van der Waals surface area (Å²) in [4.78, 5) is 25.5. The van der Waals surface area contributed by atoms with E-state index >= 15 is 0 Å². The first kappa shape index (κ1) is 18.3. The molecule has 3 aromatic rings. The summed E-state index contributed by atoms with van der Waals surface area (Å²) < 4.78 is 0. The van der Waals surface area contributed by atoms with E-state index in [4.69, 9.17) is 10.8 Å². The first-order valence-electron chi connectivity index (χ1n) is 8.48. The highest BCUT2D eigenvalue weighted by atomic mass is 16.3. The molecule has 8 nitrogen and oxygen atoms in total. The smallest absolute Gasteiger partial charge is 0.256 e. The molecule has 0 spiro atoms. The van der Waals surface area contributed by atoms with E-state index in [9.17, 15) is 4.79 Å². The summed E-state index contributed by atoms with van der Waals surface area (Å²) in [6.45, 7) is 0.566. The first-order valence-corrected chi connectivity index (χ1v) is 8.48. The number of nitrogens with one attached hydrogen (secondary N) is 2. The van der Waals surface area contributed by atoms with Gasteiger partial charge in [-0.05, 0) is 36.8 Å². The summed E-state index contributed by atoms with van der Waals surface area (Å²) in [5, 5.41) is 14.7. The van der Waals surface area contributed by atoms with Crippen LogP contribution in [-0.2, 0) is 0 Å². The highest BCUT2D eigenvalue weighted by molar-refractivity contribution is 6.04. The Labute approximate surface area is 156 Å². The number of nitrogens with zero attached hydrogens (tertiary/aromatic N) is 3. The van der Waals surface area contributed by atoms with Crippen molar-refractivity contribution in [2.75, 3.05) is 29.5 Å². The Balaban J connectivity index is 1.88. The molecule has 0 bridgehead atoms. The van der Waals surface area contributed by atoms with Gasteiger partial charge in [0.1, 0.15) is 5.82 Å². The summed E-state index contributed by atoms with van der Waals surface area (Å²) in [5.41, 5.74) is 7.90. The second-order valence-corrected chi connectivity index (χ2v) is 5.76. The fraction of sp³-hybridized carbons (Fsp3) is 0.158. The van der Waals surface area contributed by atoms with Crippen molar-refractivity contribution in [1.29, 1.82) is 0 Å².